The molecule has 0 radical (unpaired) electrons. The van der Waals surface area contributed by atoms with Crippen molar-refractivity contribution in [3.05, 3.63) is 28.8 Å². The zero-order valence-corrected chi connectivity index (χ0v) is 14.0. The van der Waals surface area contributed by atoms with Crippen molar-refractivity contribution < 1.29 is 17.9 Å². The highest BCUT2D eigenvalue weighted by molar-refractivity contribution is 7.92. The first kappa shape index (κ1) is 17.1. The highest BCUT2D eigenvalue weighted by atomic mass is 35.5. The lowest BCUT2D eigenvalue weighted by Gasteiger charge is -2.20. The second-order valence-corrected chi connectivity index (χ2v) is 7.54. The van der Waals surface area contributed by atoms with Crippen LogP contribution in [0.3, 0.4) is 0 Å². The number of carbonyl (C=O) groups excluding carboxylic acids is 1. The standard InChI is InChI=1S/C14H19ClN2O4S/c1-9(13-4-3-7-21-13)16-14(18)10-5-6-11(15)12(8-10)17-22(2,19)20/h5-6,8-9,13,17H,3-4,7H2,1-2H3,(H,16,18)/t9-,13-/m0/s1. The number of sulfonamides is 1. The lowest BCUT2D eigenvalue weighted by Crippen LogP contribution is -2.40. The average Bonchev–Trinajstić information content (AvgIpc) is 2.93. The Morgan fingerprint density at radius 2 is 2.18 bits per heavy atom. The van der Waals surface area contributed by atoms with Crippen LogP contribution in [0.15, 0.2) is 18.2 Å². The SMILES string of the molecule is C[C@H](NC(=O)c1ccc(Cl)c(NS(C)(=O)=O)c1)[C@@H]1CCCO1. The fourth-order valence-corrected chi connectivity index (χ4v) is 3.11. The van der Waals surface area contributed by atoms with Gasteiger partial charge in [0.2, 0.25) is 10.0 Å². The van der Waals surface area contributed by atoms with Gasteiger partial charge < -0.3 is 10.1 Å². The molecule has 0 unspecified atom stereocenters. The number of benzene rings is 1. The molecule has 1 aromatic carbocycles. The molecular weight excluding hydrogens is 328 g/mol. The van der Waals surface area contributed by atoms with Gasteiger partial charge in [0.15, 0.2) is 0 Å². The maximum absolute atomic E-state index is 12.3. The van der Waals surface area contributed by atoms with Crippen molar-refractivity contribution in [1.29, 1.82) is 0 Å². The molecule has 1 aromatic rings. The first-order chi connectivity index (χ1) is 10.3. The minimum Gasteiger partial charge on any atom is -0.376 e. The number of carbonyl (C=O) groups is 1. The Labute approximate surface area is 135 Å². The maximum atomic E-state index is 12.3. The Balaban J connectivity index is 2.10. The van der Waals surface area contributed by atoms with Crippen LogP contribution in [-0.4, -0.2) is 39.3 Å². The highest BCUT2D eigenvalue weighted by Crippen LogP contribution is 2.24. The molecule has 1 aliphatic heterocycles. The van der Waals surface area contributed by atoms with E-state index in [1.807, 2.05) is 6.92 Å². The maximum Gasteiger partial charge on any atom is 0.251 e. The van der Waals surface area contributed by atoms with Crippen LogP contribution in [0, 0.1) is 0 Å². The number of rotatable bonds is 5. The summed E-state index contributed by atoms with van der Waals surface area (Å²) < 4.78 is 30.4. The van der Waals surface area contributed by atoms with Crippen LogP contribution < -0.4 is 10.0 Å². The summed E-state index contributed by atoms with van der Waals surface area (Å²) >= 11 is 5.94. The molecule has 1 aliphatic rings. The van der Waals surface area contributed by atoms with Gasteiger partial charge in [-0.15, -0.1) is 0 Å². The third-order valence-corrected chi connectivity index (χ3v) is 4.33. The zero-order valence-electron chi connectivity index (χ0n) is 12.4. The summed E-state index contributed by atoms with van der Waals surface area (Å²) in [6.07, 6.45) is 2.96. The van der Waals surface area contributed by atoms with E-state index in [0.29, 0.717) is 12.2 Å². The highest BCUT2D eigenvalue weighted by Gasteiger charge is 2.24. The predicted octanol–water partition coefficient (Wildman–Crippen LogP) is 2.01. The van der Waals surface area contributed by atoms with E-state index in [1.165, 1.54) is 12.1 Å². The fourth-order valence-electron chi connectivity index (χ4n) is 2.32. The van der Waals surface area contributed by atoms with Crippen molar-refractivity contribution in [2.24, 2.45) is 0 Å². The van der Waals surface area contributed by atoms with Gasteiger partial charge in [-0.2, -0.15) is 0 Å². The number of halogens is 1. The molecule has 2 N–H and O–H groups in total. The largest absolute Gasteiger partial charge is 0.376 e. The molecular formula is C14H19ClN2O4S. The summed E-state index contributed by atoms with van der Waals surface area (Å²) in [5.74, 6) is -0.295. The molecule has 1 fully saturated rings. The normalized spacial score (nSPS) is 19.7. The quantitative estimate of drug-likeness (QED) is 0.854. The van der Waals surface area contributed by atoms with Crippen LogP contribution in [0.2, 0.25) is 5.02 Å². The summed E-state index contributed by atoms with van der Waals surface area (Å²) in [6, 6.07) is 4.34. The number of nitrogens with one attached hydrogen (secondary N) is 2. The van der Waals surface area contributed by atoms with Gasteiger partial charge >= 0.3 is 0 Å². The van der Waals surface area contributed by atoms with Gasteiger partial charge in [-0.1, -0.05) is 11.6 Å². The van der Waals surface area contributed by atoms with Crippen molar-refractivity contribution >= 4 is 33.2 Å². The molecule has 122 valence electrons. The summed E-state index contributed by atoms with van der Waals surface area (Å²) in [6.45, 7) is 2.60. The lowest BCUT2D eigenvalue weighted by molar-refractivity contribution is 0.0712. The number of ether oxygens (including phenoxy) is 1. The molecule has 0 aromatic heterocycles. The molecule has 1 amide bonds. The molecule has 0 aliphatic carbocycles. The van der Waals surface area contributed by atoms with E-state index in [1.54, 1.807) is 6.07 Å². The molecule has 22 heavy (non-hydrogen) atoms. The van der Waals surface area contributed by atoms with E-state index in [4.69, 9.17) is 16.3 Å². The van der Waals surface area contributed by atoms with Gasteiger partial charge in [-0.3, -0.25) is 9.52 Å². The summed E-state index contributed by atoms with van der Waals surface area (Å²) in [7, 11) is -3.46. The van der Waals surface area contributed by atoms with Crippen molar-refractivity contribution in [3.63, 3.8) is 0 Å². The van der Waals surface area contributed by atoms with Crippen LogP contribution in [0.4, 0.5) is 5.69 Å². The first-order valence-corrected chi connectivity index (χ1v) is 9.23. The molecule has 8 heteroatoms. The fraction of sp³-hybridized carbons (Fsp3) is 0.500. The van der Waals surface area contributed by atoms with E-state index in [2.05, 4.69) is 10.0 Å². The van der Waals surface area contributed by atoms with Crippen molar-refractivity contribution in [2.45, 2.75) is 31.9 Å². The van der Waals surface area contributed by atoms with Crippen LogP contribution in [-0.2, 0) is 14.8 Å². The van der Waals surface area contributed by atoms with E-state index < -0.39 is 10.0 Å². The molecule has 1 heterocycles. The number of amides is 1. The molecule has 1 saturated heterocycles. The Morgan fingerprint density at radius 3 is 2.77 bits per heavy atom. The van der Waals surface area contributed by atoms with Crippen LogP contribution in [0.25, 0.3) is 0 Å². The van der Waals surface area contributed by atoms with Gasteiger partial charge in [-0.25, -0.2) is 8.42 Å². The molecule has 6 nitrogen and oxygen atoms in total. The van der Waals surface area contributed by atoms with Crippen molar-refractivity contribution in [2.75, 3.05) is 17.6 Å². The smallest absolute Gasteiger partial charge is 0.251 e. The topological polar surface area (TPSA) is 84.5 Å². The van der Waals surface area contributed by atoms with Crippen molar-refractivity contribution in [1.82, 2.24) is 5.32 Å². The van der Waals surface area contributed by atoms with Gasteiger partial charge in [0.25, 0.3) is 5.91 Å². The van der Waals surface area contributed by atoms with Gasteiger partial charge in [0.05, 0.1) is 29.1 Å². The van der Waals surface area contributed by atoms with Gasteiger partial charge in [0.1, 0.15) is 0 Å². The molecule has 0 spiro atoms. The molecule has 0 saturated carbocycles. The Morgan fingerprint density at radius 1 is 1.45 bits per heavy atom. The average molecular weight is 347 g/mol. The number of hydrogen-bond donors (Lipinski definition) is 2. The Kier molecular flexibility index (Phi) is 5.31. The van der Waals surface area contributed by atoms with E-state index in [-0.39, 0.29) is 28.8 Å². The third-order valence-electron chi connectivity index (χ3n) is 3.41. The zero-order chi connectivity index (χ0) is 16.3. The second-order valence-electron chi connectivity index (χ2n) is 5.38. The molecule has 2 rings (SSSR count). The van der Waals surface area contributed by atoms with Crippen LogP contribution >= 0.6 is 11.6 Å². The van der Waals surface area contributed by atoms with E-state index >= 15 is 0 Å². The lowest BCUT2D eigenvalue weighted by atomic mass is 10.1. The van der Waals surface area contributed by atoms with Crippen molar-refractivity contribution in [3.8, 4) is 0 Å². The first-order valence-electron chi connectivity index (χ1n) is 6.96. The minimum atomic E-state index is -3.46. The van der Waals surface area contributed by atoms with Gasteiger partial charge in [-0.05, 0) is 38.0 Å². The predicted molar refractivity (Wildman–Crippen MR) is 85.8 cm³/mol. The second kappa shape index (κ2) is 6.85. The Hall–Kier alpha value is -1.31. The van der Waals surface area contributed by atoms with Gasteiger partial charge in [0, 0.05) is 12.2 Å². The monoisotopic (exact) mass is 346 g/mol. The number of hydrogen-bond acceptors (Lipinski definition) is 4. The third kappa shape index (κ3) is 4.59. The van der Waals surface area contributed by atoms with E-state index in [0.717, 1.165) is 19.1 Å². The Bertz CT molecular complexity index is 657. The minimum absolute atomic E-state index is 0.0184. The molecule has 0 bridgehead atoms. The summed E-state index contributed by atoms with van der Waals surface area (Å²) in [5.41, 5.74) is 0.516. The summed E-state index contributed by atoms with van der Waals surface area (Å²) in [4.78, 5) is 12.3. The van der Waals surface area contributed by atoms with Crippen LogP contribution in [0.5, 0.6) is 0 Å². The van der Waals surface area contributed by atoms with Crippen LogP contribution in [0.1, 0.15) is 30.1 Å². The summed E-state index contributed by atoms with van der Waals surface area (Å²) in [5, 5.41) is 3.09. The molecule has 2 atom stereocenters. The van der Waals surface area contributed by atoms with E-state index in [9.17, 15) is 13.2 Å². The number of anilines is 1.